The number of rotatable bonds is 6. The Morgan fingerprint density at radius 2 is 1.79 bits per heavy atom. The van der Waals surface area contributed by atoms with Gasteiger partial charge in [-0.05, 0) is 57.0 Å². The van der Waals surface area contributed by atoms with Crippen molar-refractivity contribution in [2.75, 3.05) is 18.4 Å². The fraction of sp³-hybridized carbons (Fsp3) is 0.391. The number of amides is 1. The number of halogens is 1. The summed E-state index contributed by atoms with van der Waals surface area (Å²) < 4.78 is 13.6. The molecule has 2 aromatic rings. The lowest BCUT2D eigenvalue weighted by molar-refractivity contribution is -0.127. The first-order chi connectivity index (χ1) is 15.8. The van der Waals surface area contributed by atoms with E-state index in [2.05, 4.69) is 20.5 Å². The Hall–Kier alpha value is -3.53. The molecule has 0 spiro atoms. The minimum atomic E-state index is -0.737. The quantitative estimate of drug-likeness (QED) is 0.482. The van der Waals surface area contributed by atoms with E-state index in [0.29, 0.717) is 18.5 Å². The average Bonchev–Trinajstić information content (AvgIpc) is 2.77. The van der Waals surface area contributed by atoms with Crippen LogP contribution in [0.4, 0.5) is 10.1 Å². The number of nitrogens with zero attached hydrogens (tertiary/aromatic N) is 2. The molecule has 0 atom stereocenters. The van der Waals surface area contributed by atoms with Gasteiger partial charge in [0.2, 0.25) is 5.91 Å². The van der Waals surface area contributed by atoms with E-state index in [-0.39, 0.29) is 30.7 Å². The van der Waals surface area contributed by atoms with Crippen LogP contribution in [0.2, 0.25) is 0 Å². The predicted molar refractivity (Wildman–Crippen MR) is 122 cm³/mol. The first-order valence-corrected chi connectivity index (χ1v) is 10.4. The molecule has 0 saturated carbocycles. The van der Waals surface area contributed by atoms with Crippen LogP contribution in [0, 0.1) is 5.82 Å². The zero-order valence-electron chi connectivity index (χ0n) is 18.8. The fourth-order valence-corrected chi connectivity index (χ4v) is 3.47. The summed E-state index contributed by atoms with van der Waals surface area (Å²) in [4.78, 5) is 36.4. The Labute approximate surface area is 192 Å². The number of aromatic nitrogens is 1. The number of hydrogen-bond acceptors (Lipinski definition) is 6. The molecular weight excluding hydrogens is 431 g/mol. The summed E-state index contributed by atoms with van der Waals surface area (Å²) >= 11 is 0. The molecule has 0 unspecified atom stereocenters. The molecule has 180 valence electrons. The van der Waals surface area contributed by atoms with Crippen molar-refractivity contribution in [1.29, 1.82) is 0 Å². The Morgan fingerprint density at radius 3 is 2.30 bits per heavy atom. The zero-order chi connectivity index (χ0) is 24.7. The van der Waals surface area contributed by atoms with E-state index in [1.54, 1.807) is 18.3 Å². The lowest BCUT2D eigenvalue weighted by Crippen LogP contribution is -2.59. The van der Waals surface area contributed by atoms with Gasteiger partial charge in [0.15, 0.2) is 0 Å². The van der Waals surface area contributed by atoms with Crippen molar-refractivity contribution in [2.45, 2.75) is 44.8 Å². The van der Waals surface area contributed by atoms with Crippen LogP contribution in [-0.4, -0.2) is 63.6 Å². The van der Waals surface area contributed by atoms with Gasteiger partial charge in [0.25, 0.3) is 12.9 Å². The number of pyridine rings is 1. The SMILES string of the molecule is CC(C)NC(=O)C1(Nc2cccc(F)c2)CCN(Cc2ccccn2)CC1.O=CO.O=CO. The van der Waals surface area contributed by atoms with E-state index in [0.717, 1.165) is 25.3 Å². The molecule has 9 nitrogen and oxygen atoms in total. The summed E-state index contributed by atoms with van der Waals surface area (Å²) in [6.07, 6.45) is 3.09. The third kappa shape index (κ3) is 9.65. The van der Waals surface area contributed by atoms with Crippen molar-refractivity contribution in [3.8, 4) is 0 Å². The van der Waals surface area contributed by atoms with Gasteiger partial charge in [0.05, 0.1) is 5.69 Å². The Bertz CT molecular complexity index is 853. The minimum Gasteiger partial charge on any atom is -0.483 e. The molecule has 2 heterocycles. The second kappa shape index (κ2) is 14.5. The summed E-state index contributed by atoms with van der Waals surface area (Å²) in [5.41, 5.74) is 0.917. The van der Waals surface area contributed by atoms with E-state index in [1.165, 1.54) is 12.1 Å². The van der Waals surface area contributed by atoms with Crippen molar-refractivity contribution >= 4 is 24.5 Å². The summed E-state index contributed by atoms with van der Waals surface area (Å²) in [6.45, 7) is 5.70. The van der Waals surface area contributed by atoms with E-state index >= 15 is 0 Å². The number of carboxylic acid groups (broad SMARTS) is 2. The molecule has 1 aromatic heterocycles. The molecule has 1 aliphatic rings. The van der Waals surface area contributed by atoms with Gasteiger partial charge in [-0.25, -0.2) is 4.39 Å². The third-order valence-electron chi connectivity index (χ3n) is 4.88. The molecule has 1 saturated heterocycles. The van der Waals surface area contributed by atoms with Crippen LogP contribution >= 0.6 is 0 Å². The number of carbonyl (C=O) groups is 3. The average molecular weight is 463 g/mol. The Kier molecular flexibility index (Phi) is 12.1. The van der Waals surface area contributed by atoms with E-state index < -0.39 is 5.54 Å². The third-order valence-corrected chi connectivity index (χ3v) is 4.88. The van der Waals surface area contributed by atoms with Crippen molar-refractivity contribution in [2.24, 2.45) is 0 Å². The van der Waals surface area contributed by atoms with Crippen LogP contribution < -0.4 is 10.6 Å². The highest BCUT2D eigenvalue weighted by atomic mass is 19.1. The summed E-state index contributed by atoms with van der Waals surface area (Å²) in [6, 6.07) is 12.2. The number of hydrogen-bond donors (Lipinski definition) is 4. The Morgan fingerprint density at radius 1 is 1.15 bits per heavy atom. The van der Waals surface area contributed by atoms with Crippen LogP contribution in [0.5, 0.6) is 0 Å². The molecular formula is C23H31FN4O5. The molecule has 0 bridgehead atoms. The Balaban J connectivity index is 0.000000819. The molecule has 1 amide bonds. The van der Waals surface area contributed by atoms with Crippen LogP contribution in [-0.2, 0) is 20.9 Å². The van der Waals surface area contributed by atoms with Crippen molar-refractivity contribution in [3.63, 3.8) is 0 Å². The molecule has 0 radical (unpaired) electrons. The summed E-state index contributed by atoms with van der Waals surface area (Å²) in [7, 11) is 0. The van der Waals surface area contributed by atoms with Crippen molar-refractivity contribution < 1.29 is 29.0 Å². The highest BCUT2D eigenvalue weighted by Gasteiger charge is 2.41. The first kappa shape index (κ1) is 27.5. The van der Waals surface area contributed by atoms with Gasteiger partial charge in [0.1, 0.15) is 11.4 Å². The molecule has 33 heavy (non-hydrogen) atoms. The lowest BCUT2D eigenvalue weighted by Gasteiger charge is -2.42. The molecule has 10 heteroatoms. The topological polar surface area (TPSA) is 132 Å². The van der Waals surface area contributed by atoms with E-state index in [9.17, 15) is 9.18 Å². The molecule has 3 rings (SSSR count). The highest BCUT2D eigenvalue weighted by Crippen LogP contribution is 2.28. The maximum Gasteiger partial charge on any atom is 0.290 e. The largest absolute Gasteiger partial charge is 0.483 e. The molecule has 1 fully saturated rings. The maximum atomic E-state index is 13.6. The van der Waals surface area contributed by atoms with E-state index in [4.69, 9.17) is 19.8 Å². The number of likely N-dealkylation sites (tertiary alicyclic amines) is 1. The normalized spacial score (nSPS) is 14.5. The van der Waals surface area contributed by atoms with Crippen molar-refractivity contribution in [3.05, 3.63) is 60.2 Å². The van der Waals surface area contributed by atoms with Crippen LogP contribution in [0.3, 0.4) is 0 Å². The predicted octanol–water partition coefficient (Wildman–Crippen LogP) is 2.59. The maximum absolute atomic E-state index is 13.6. The number of piperidine rings is 1. The van der Waals surface area contributed by atoms with E-state index in [1.807, 2.05) is 32.0 Å². The van der Waals surface area contributed by atoms with Crippen molar-refractivity contribution in [1.82, 2.24) is 15.2 Å². The highest BCUT2D eigenvalue weighted by molar-refractivity contribution is 5.89. The van der Waals surface area contributed by atoms with Gasteiger partial charge >= 0.3 is 0 Å². The fourth-order valence-electron chi connectivity index (χ4n) is 3.47. The summed E-state index contributed by atoms with van der Waals surface area (Å²) in [5, 5.41) is 20.1. The number of benzene rings is 1. The number of carbonyl (C=O) groups excluding carboxylic acids is 1. The first-order valence-electron chi connectivity index (χ1n) is 10.4. The number of nitrogens with one attached hydrogen (secondary N) is 2. The molecule has 1 aromatic carbocycles. The molecule has 4 N–H and O–H groups in total. The van der Waals surface area contributed by atoms with Gasteiger partial charge in [-0.15, -0.1) is 0 Å². The van der Waals surface area contributed by atoms with Crippen LogP contribution in [0.15, 0.2) is 48.7 Å². The minimum absolute atomic E-state index is 0.0285. The van der Waals surface area contributed by atoms with Gasteiger partial charge in [-0.1, -0.05) is 12.1 Å². The van der Waals surface area contributed by atoms with Gasteiger partial charge in [0, 0.05) is 37.6 Å². The lowest BCUT2D eigenvalue weighted by atomic mass is 9.85. The zero-order valence-corrected chi connectivity index (χ0v) is 18.8. The standard InChI is InChI=1S/C21H27FN4O.2CH2O2/c1-16(2)24-20(27)21(25-18-8-5-6-17(22)14-18)9-12-26(13-10-21)15-19-7-3-4-11-23-19;2*2-1-3/h3-8,11,14,16,25H,9-10,12-13,15H2,1-2H3,(H,24,27);2*1H,(H,2,3). The monoisotopic (exact) mass is 462 g/mol. The number of anilines is 1. The van der Waals surface area contributed by atoms with Gasteiger partial charge < -0.3 is 20.8 Å². The summed E-state index contributed by atoms with van der Waals surface area (Å²) in [5.74, 6) is -0.341. The van der Waals surface area contributed by atoms with Crippen LogP contribution in [0.1, 0.15) is 32.4 Å². The second-order valence-corrected chi connectivity index (χ2v) is 7.65. The van der Waals surface area contributed by atoms with Gasteiger partial charge in [-0.2, -0.15) is 0 Å². The molecule has 1 aliphatic heterocycles. The van der Waals surface area contributed by atoms with Crippen LogP contribution in [0.25, 0.3) is 0 Å². The second-order valence-electron chi connectivity index (χ2n) is 7.65. The van der Waals surface area contributed by atoms with Gasteiger partial charge in [-0.3, -0.25) is 24.3 Å². The molecule has 0 aliphatic carbocycles. The smallest absolute Gasteiger partial charge is 0.290 e.